The summed E-state index contributed by atoms with van der Waals surface area (Å²) in [6, 6.07) is 3.71. The number of rotatable bonds is 1. The molecule has 2 aromatic rings. The van der Waals surface area contributed by atoms with E-state index >= 15 is 0 Å². The fraction of sp³-hybridized carbons (Fsp3) is 0.250. The molecule has 6 nitrogen and oxygen atoms in total. The number of aromatic amines is 1. The zero-order chi connectivity index (χ0) is 12.7. The zero-order valence-electron chi connectivity index (χ0n) is 9.90. The van der Waals surface area contributed by atoms with E-state index < -0.39 is 0 Å². The first-order chi connectivity index (χ1) is 8.63. The average Bonchev–Trinajstić information content (AvgIpc) is 2.73. The molecule has 0 aromatic carbocycles. The Morgan fingerprint density at radius 2 is 2.33 bits per heavy atom. The number of nitrogens with one attached hydrogen (secondary N) is 2. The number of carbonyl (C=O) groups is 1. The van der Waals surface area contributed by atoms with E-state index in [0.29, 0.717) is 11.3 Å². The lowest BCUT2D eigenvalue weighted by atomic mass is 10.0. The van der Waals surface area contributed by atoms with Crippen molar-refractivity contribution in [3.05, 3.63) is 29.6 Å². The summed E-state index contributed by atoms with van der Waals surface area (Å²) in [6.07, 6.45) is 2.39. The highest BCUT2D eigenvalue weighted by molar-refractivity contribution is 5.98. The summed E-state index contributed by atoms with van der Waals surface area (Å²) in [5.41, 5.74) is 8.66. The first-order valence-corrected chi connectivity index (χ1v) is 5.75. The molecule has 18 heavy (non-hydrogen) atoms. The summed E-state index contributed by atoms with van der Waals surface area (Å²) < 4.78 is 0. The average molecular weight is 243 g/mol. The molecule has 0 saturated carbocycles. The van der Waals surface area contributed by atoms with Gasteiger partial charge < -0.3 is 16.0 Å². The van der Waals surface area contributed by atoms with Crippen molar-refractivity contribution in [2.75, 3.05) is 5.73 Å². The van der Waals surface area contributed by atoms with E-state index in [1.807, 2.05) is 6.92 Å². The molecule has 3 heterocycles. The van der Waals surface area contributed by atoms with Crippen molar-refractivity contribution in [3.8, 4) is 11.4 Å². The third-order valence-electron chi connectivity index (χ3n) is 2.98. The van der Waals surface area contributed by atoms with Gasteiger partial charge in [-0.05, 0) is 19.1 Å². The van der Waals surface area contributed by atoms with Gasteiger partial charge in [0, 0.05) is 24.4 Å². The fourth-order valence-corrected chi connectivity index (χ4v) is 2.18. The van der Waals surface area contributed by atoms with Crippen molar-refractivity contribution in [2.24, 2.45) is 0 Å². The molecule has 0 spiro atoms. The van der Waals surface area contributed by atoms with E-state index in [9.17, 15) is 4.79 Å². The Kier molecular flexibility index (Phi) is 2.29. The summed E-state index contributed by atoms with van der Waals surface area (Å²) in [5.74, 6) is 0.172. The number of nitrogen functional groups attached to an aromatic ring is 1. The van der Waals surface area contributed by atoms with Crippen LogP contribution in [0.1, 0.15) is 23.0 Å². The van der Waals surface area contributed by atoms with Gasteiger partial charge >= 0.3 is 0 Å². The minimum atomic E-state index is -0.0479. The number of hydrogen-bond donors (Lipinski definition) is 3. The lowest BCUT2D eigenvalue weighted by Gasteiger charge is -2.19. The normalized spacial score (nSPS) is 18.3. The van der Waals surface area contributed by atoms with E-state index in [-0.39, 0.29) is 17.9 Å². The monoisotopic (exact) mass is 243 g/mol. The third-order valence-corrected chi connectivity index (χ3v) is 2.98. The number of hydrogen-bond acceptors (Lipinski definition) is 4. The number of anilines is 1. The van der Waals surface area contributed by atoms with Gasteiger partial charge in [0.2, 0.25) is 5.95 Å². The summed E-state index contributed by atoms with van der Waals surface area (Å²) in [7, 11) is 0. The minimum Gasteiger partial charge on any atom is -0.368 e. The molecule has 1 atom stereocenters. The number of H-pyrrole nitrogens is 1. The first kappa shape index (κ1) is 10.8. The van der Waals surface area contributed by atoms with E-state index in [1.54, 1.807) is 18.3 Å². The highest BCUT2D eigenvalue weighted by atomic mass is 16.1. The second-order valence-electron chi connectivity index (χ2n) is 4.45. The fourth-order valence-electron chi connectivity index (χ4n) is 2.18. The molecule has 0 fully saturated rings. The number of fused-ring (bicyclic) bond motifs is 1. The Hall–Kier alpha value is -2.37. The van der Waals surface area contributed by atoms with Crippen LogP contribution < -0.4 is 11.1 Å². The highest BCUT2D eigenvalue weighted by Crippen LogP contribution is 2.23. The molecule has 92 valence electrons. The predicted octanol–water partition coefficient (Wildman–Crippen LogP) is 0.728. The van der Waals surface area contributed by atoms with E-state index in [1.165, 1.54) is 0 Å². The molecule has 4 N–H and O–H groups in total. The van der Waals surface area contributed by atoms with Gasteiger partial charge in [-0.25, -0.2) is 9.97 Å². The first-order valence-electron chi connectivity index (χ1n) is 5.75. The van der Waals surface area contributed by atoms with Crippen LogP contribution in [-0.2, 0) is 6.42 Å². The molecule has 1 amide bonds. The van der Waals surface area contributed by atoms with Crippen molar-refractivity contribution in [3.63, 3.8) is 0 Å². The number of nitrogens with two attached hydrogens (primary N) is 1. The van der Waals surface area contributed by atoms with Crippen LogP contribution in [-0.4, -0.2) is 26.9 Å². The molecule has 6 heteroatoms. The summed E-state index contributed by atoms with van der Waals surface area (Å²) in [5, 5.41) is 2.90. The Bertz CT molecular complexity index is 619. The van der Waals surface area contributed by atoms with E-state index in [0.717, 1.165) is 17.8 Å². The number of nitrogens with zero attached hydrogens (tertiary/aromatic N) is 2. The summed E-state index contributed by atoms with van der Waals surface area (Å²) in [6.45, 7) is 1.98. The van der Waals surface area contributed by atoms with Crippen LogP contribution in [0.15, 0.2) is 18.3 Å². The maximum atomic E-state index is 11.8. The van der Waals surface area contributed by atoms with Gasteiger partial charge in [-0.2, -0.15) is 0 Å². The molecule has 1 aliphatic heterocycles. The predicted molar refractivity (Wildman–Crippen MR) is 66.9 cm³/mol. The maximum absolute atomic E-state index is 11.8. The van der Waals surface area contributed by atoms with Crippen LogP contribution >= 0.6 is 0 Å². The molecule has 0 saturated heterocycles. The van der Waals surface area contributed by atoms with Gasteiger partial charge in [0.1, 0.15) is 0 Å². The van der Waals surface area contributed by atoms with Crippen LogP contribution in [0.3, 0.4) is 0 Å². The Balaban J connectivity index is 2.06. The molecule has 2 aromatic heterocycles. The summed E-state index contributed by atoms with van der Waals surface area (Å²) in [4.78, 5) is 23.0. The van der Waals surface area contributed by atoms with Crippen molar-refractivity contribution in [2.45, 2.75) is 19.4 Å². The van der Waals surface area contributed by atoms with Crippen LogP contribution in [0.4, 0.5) is 5.95 Å². The van der Waals surface area contributed by atoms with Crippen molar-refractivity contribution < 1.29 is 4.79 Å². The van der Waals surface area contributed by atoms with Gasteiger partial charge in [-0.1, -0.05) is 0 Å². The molecule has 0 radical (unpaired) electrons. The molecule has 1 aliphatic rings. The minimum absolute atomic E-state index is 0.0479. The Morgan fingerprint density at radius 1 is 1.50 bits per heavy atom. The number of carbonyl (C=O) groups excluding carboxylic acids is 1. The maximum Gasteiger partial charge on any atom is 0.253 e. The molecular weight excluding hydrogens is 230 g/mol. The van der Waals surface area contributed by atoms with Gasteiger partial charge in [-0.15, -0.1) is 0 Å². The Labute approximate surface area is 104 Å². The van der Waals surface area contributed by atoms with Gasteiger partial charge in [-0.3, -0.25) is 4.79 Å². The van der Waals surface area contributed by atoms with Crippen molar-refractivity contribution >= 4 is 11.9 Å². The van der Waals surface area contributed by atoms with Gasteiger partial charge in [0.25, 0.3) is 5.91 Å². The smallest absolute Gasteiger partial charge is 0.253 e. The second-order valence-corrected chi connectivity index (χ2v) is 4.45. The SMILES string of the molecule is CC1Cc2[nH]c(-c3ccnc(N)n3)cc2C(=O)N1. The standard InChI is InChI=1S/C12H13N5O/c1-6-4-9-7(11(18)15-6)5-10(16-9)8-2-3-14-12(13)17-8/h2-3,5-6,16H,4H2,1H3,(H,15,18)(H2,13,14,17). The third kappa shape index (κ3) is 1.71. The van der Waals surface area contributed by atoms with E-state index in [4.69, 9.17) is 5.73 Å². The van der Waals surface area contributed by atoms with Crippen LogP contribution in [0.25, 0.3) is 11.4 Å². The number of amides is 1. The molecule has 0 bridgehead atoms. The summed E-state index contributed by atoms with van der Waals surface area (Å²) >= 11 is 0. The molecule has 1 unspecified atom stereocenters. The zero-order valence-corrected chi connectivity index (χ0v) is 9.90. The topological polar surface area (TPSA) is 96.7 Å². The van der Waals surface area contributed by atoms with Crippen LogP contribution in [0, 0.1) is 0 Å². The van der Waals surface area contributed by atoms with Gasteiger partial charge in [0.05, 0.1) is 17.0 Å². The quantitative estimate of drug-likeness (QED) is 0.687. The van der Waals surface area contributed by atoms with Crippen LogP contribution in [0.2, 0.25) is 0 Å². The Morgan fingerprint density at radius 3 is 3.11 bits per heavy atom. The van der Waals surface area contributed by atoms with Crippen LogP contribution in [0.5, 0.6) is 0 Å². The largest absolute Gasteiger partial charge is 0.368 e. The van der Waals surface area contributed by atoms with E-state index in [2.05, 4.69) is 20.3 Å². The lowest BCUT2D eigenvalue weighted by molar-refractivity contribution is 0.0929. The molecule has 0 aliphatic carbocycles. The number of aromatic nitrogens is 3. The van der Waals surface area contributed by atoms with Crippen molar-refractivity contribution in [1.82, 2.24) is 20.3 Å². The molecule has 3 rings (SSSR count). The second kappa shape index (κ2) is 3.83. The highest BCUT2D eigenvalue weighted by Gasteiger charge is 2.24. The van der Waals surface area contributed by atoms with Gasteiger partial charge in [0.15, 0.2) is 0 Å². The lowest BCUT2D eigenvalue weighted by Crippen LogP contribution is -2.38. The molecular formula is C12H13N5O. The van der Waals surface area contributed by atoms with Crippen molar-refractivity contribution in [1.29, 1.82) is 0 Å².